The minimum atomic E-state index is -3.28. The van der Waals surface area contributed by atoms with Gasteiger partial charge in [0.25, 0.3) is 5.91 Å². The number of carbonyl (C=O) groups is 1. The number of nitrogen functional groups attached to an aromatic ring is 1. The van der Waals surface area contributed by atoms with Crippen molar-refractivity contribution in [1.29, 1.82) is 0 Å². The first kappa shape index (κ1) is 20.0. The Morgan fingerprint density at radius 1 is 1.43 bits per heavy atom. The summed E-state index contributed by atoms with van der Waals surface area (Å²) in [6.07, 6.45) is 3.74. The van der Waals surface area contributed by atoms with Gasteiger partial charge in [-0.05, 0) is 37.5 Å². The molecular weight excluding hydrogens is 361 g/mol. The van der Waals surface area contributed by atoms with Crippen LogP contribution in [0.2, 0.25) is 5.02 Å². The topological polar surface area (TPSA) is 92.5 Å². The second kappa shape index (κ2) is 8.19. The SMILES string of the molecule is CS(=O)(=O)NCC1CCCCN1C(=O)c1ccc(N)cc1Cl.Cl. The Kier molecular flexibility index (Phi) is 7.13. The number of nitrogens with one attached hydrogen (secondary N) is 1. The number of halogens is 2. The molecule has 1 heterocycles. The zero-order chi connectivity index (χ0) is 16.3. The molecule has 2 rings (SSSR count). The van der Waals surface area contributed by atoms with Gasteiger partial charge in [0.2, 0.25) is 10.0 Å². The fourth-order valence-electron chi connectivity index (χ4n) is 2.59. The van der Waals surface area contributed by atoms with E-state index in [1.165, 1.54) is 0 Å². The Labute approximate surface area is 147 Å². The largest absolute Gasteiger partial charge is 0.399 e. The van der Waals surface area contributed by atoms with Crippen molar-refractivity contribution < 1.29 is 13.2 Å². The molecule has 1 aromatic rings. The van der Waals surface area contributed by atoms with Crippen molar-refractivity contribution in [2.45, 2.75) is 25.3 Å². The number of hydrogen-bond acceptors (Lipinski definition) is 4. The molecule has 0 radical (unpaired) electrons. The van der Waals surface area contributed by atoms with Crippen LogP contribution in [0.1, 0.15) is 29.6 Å². The number of likely N-dealkylation sites (tertiary alicyclic amines) is 1. The van der Waals surface area contributed by atoms with Gasteiger partial charge < -0.3 is 10.6 Å². The van der Waals surface area contributed by atoms with E-state index < -0.39 is 10.0 Å². The monoisotopic (exact) mass is 381 g/mol. The molecule has 6 nitrogen and oxygen atoms in total. The number of piperidine rings is 1. The standard InChI is InChI=1S/C14H20ClN3O3S.ClH/c1-22(20,21)17-9-11-4-2-3-7-18(11)14(19)12-6-5-10(16)8-13(12)15;/h5-6,8,11,17H,2-4,7,9,16H2,1H3;1H. The third kappa shape index (κ3) is 5.53. The van der Waals surface area contributed by atoms with Crippen LogP contribution in [0.15, 0.2) is 18.2 Å². The number of nitrogens with two attached hydrogens (primary N) is 1. The molecule has 0 aliphatic carbocycles. The highest BCUT2D eigenvalue weighted by atomic mass is 35.5. The Morgan fingerprint density at radius 2 is 2.13 bits per heavy atom. The summed E-state index contributed by atoms with van der Waals surface area (Å²) in [6, 6.07) is 4.62. The van der Waals surface area contributed by atoms with Crippen LogP contribution < -0.4 is 10.5 Å². The lowest BCUT2D eigenvalue weighted by atomic mass is 10.0. The molecule has 3 N–H and O–H groups in total. The Morgan fingerprint density at radius 3 is 2.74 bits per heavy atom. The van der Waals surface area contributed by atoms with Crippen LogP contribution in [-0.2, 0) is 10.0 Å². The van der Waals surface area contributed by atoms with Crippen molar-refractivity contribution in [3.8, 4) is 0 Å². The molecule has 1 atom stereocenters. The van der Waals surface area contributed by atoms with Crippen LogP contribution in [-0.4, -0.2) is 44.6 Å². The van der Waals surface area contributed by atoms with Crippen molar-refractivity contribution in [2.24, 2.45) is 0 Å². The Hall–Kier alpha value is -1.02. The number of anilines is 1. The molecule has 1 aliphatic heterocycles. The maximum Gasteiger partial charge on any atom is 0.255 e. The molecule has 9 heteroatoms. The summed E-state index contributed by atoms with van der Waals surface area (Å²) in [5, 5.41) is 0.311. The summed E-state index contributed by atoms with van der Waals surface area (Å²) in [4.78, 5) is 14.4. The van der Waals surface area contributed by atoms with Crippen molar-refractivity contribution >= 4 is 45.6 Å². The van der Waals surface area contributed by atoms with Crippen molar-refractivity contribution in [3.63, 3.8) is 0 Å². The van der Waals surface area contributed by atoms with Crippen LogP contribution in [0.25, 0.3) is 0 Å². The molecule has 0 saturated carbocycles. The molecule has 0 aromatic heterocycles. The molecule has 130 valence electrons. The number of amides is 1. The maximum absolute atomic E-state index is 12.7. The first-order valence-electron chi connectivity index (χ1n) is 7.08. The van der Waals surface area contributed by atoms with Gasteiger partial charge in [-0.25, -0.2) is 13.1 Å². The highest BCUT2D eigenvalue weighted by Gasteiger charge is 2.29. The van der Waals surface area contributed by atoms with Gasteiger partial charge in [-0.2, -0.15) is 0 Å². The van der Waals surface area contributed by atoms with Crippen LogP contribution in [0.3, 0.4) is 0 Å². The smallest absolute Gasteiger partial charge is 0.255 e. The number of hydrogen-bond donors (Lipinski definition) is 2. The van der Waals surface area contributed by atoms with Crippen LogP contribution >= 0.6 is 24.0 Å². The average molecular weight is 382 g/mol. The molecule has 23 heavy (non-hydrogen) atoms. The van der Waals surface area contributed by atoms with Gasteiger partial charge in [0.1, 0.15) is 0 Å². The summed E-state index contributed by atoms with van der Waals surface area (Å²) < 4.78 is 25.0. The molecule has 1 fully saturated rings. The third-order valence-corrected chi connectivity index (χ3v) is 4.70. The van der Waals surface area contributed by atoms with Crippen LogP contribution in [0, 0.1) is 0 Å². The van der Waals surface area contributed by atoms with E-state index >= 15 is 0 Å². The summed E-state index contributed by atoms with van der Waals surface area (Å²) in [6.45, 7) is 0.812. The molecular formula is C14H21Cl2N3O3S. The third-order valence-electron chi connectivity index (χ3n) is 3.69. The predicted octanol–water partition coefficient (Wildman–Crippen LogP) is 1.89. The number of nitrogens with zero attached hydrogens (tertiary/aromatic N) is 1. The van der Waals surface area contributed by atoms with Gasteiger partial charge in [0, 0.05) is 24.8 Å². The molecule has 1 aromatic carbocycles. The summed E-state index contributed by atoms with van der Waals surface area (Å²) >= 11 is 6.10. The first-order chi connectivity index (χ1) is 10.3. The zero-order valence-corrected chi connectivity index (χ0v) is 15.2. The van der Waals surface area contributed by atoms with E-state index in [0.717, 1.165) is 25.5 Å². The van der Waals surface area contributed by atoms with Crippen molar-refractivity contribution in [3.05, 3.63) is 28.8 Å². The van der Waals surface area contributed by atoms with Gasteiger partial charge in [0.15, 0.2) is 0 Å². The summed E-state index contributed by atoms with van der Waals surface area (Å²) in [5.74, 6) is -0.190. The van der Waals surface area contributed by atoms with E-state index in [1.54, 1.807) is 23.1 Å². The lowest BCUT2D eigenvalue weighted by Gasteiger charge is -2.36. The van der Waals surface area contributed by atoms with Gasteiger partial charge in [-0.15, -0.1) is 12.4 Å². The minimum absolute atomic E-state index is 0. The van der Waals surface area contributed by atoms with E-state index in [2.05, 4.69) is 4.72 Å². The minimum Gasteiger partial charge on any atom is -0.399 e. The van der Waals surface area contributed by atoms with Crippen molar-refractivity contribution in [2.75, 3.05) is 25.1 Å². The number of benzene rings is 1. The molecule has 1 saturated heterocycles. The molecule has 1 aliphatic rings. The molecule has 1 unspecified atom stereocenters. The number of sulfonamides is 1. The molecule has 0 spiro atoms. The lowest BCUT2D eigenvalue weighted by molar-refractivity contribution is 0.0619. The van der Waals surface area contributed by atoms with Crippen molar-refractivity contribution in [1.82, 2.24) is 9.62 Å². The van der Waals surface area contributed by atoms with E-state index in [1.807, 2.05) is 0 Å². The number of carbonyl (C=O) groups excluding carboxylic acids is 1. The quantitative estimate of drug-likeness (QED) is 0.778. The number of rotatable bonds is 4. The lowest BCUT2D eigenvalue weighted by Crippen LogP contribution is -2.49. The summed E-state index contributed by atoms with van der Waals surface area (Å²) in [5.41, 5.74) is 6.53. The first-order valence-corrected chi connectivity index (χ1v) is 9.35. The van der Waals surface area contributed by atoms with E-state index in [9.17, 15) is 13.2 Å². The highest BCUT2D eigenvalue weighted by Crippen LogP contribution is 2.24. The van der Waals surface area contributed by atoms with Crippen LogP contribution in [0.4, 0.5) is 5.69 Å². The molecule has 0 bridgehead atoms. The van der Waals surface area contributed by atoms with Gasteiger partial charge in [-0.3, -0.25) is 4.79 Å². The van der Waals surface area contributed by atoms with E-state index in [-0.39, 0.29) is 30.9 Å². The maximum atomic E-state index is 12.7. The zero-order valence-electron chi connectivity index (χ0n) is 12.8. The van der Waals surface area contributed by atoms with Gasteiger partial charge >= 0.3 is 0 Å². The highest BCUT2D eigenvalue weighted by molar-refractivity contribution is 7.88. The van der Waals surface area contributed by atoms with Gasteiger partial charge in [0.05, 0.1) is 16.8 Å². The van der Waals surface area contributed by atoms with E-state index in [0.29, 0.717) is 22.8 Å². The Balaban J connectivity index is 0.00000264. The fourth-order valence-corrected chi connectivity index (χ4v) is 3.35. The normalized spacial score (nSPS) is 18.3. The predicted molar refractivity (Wildman–Crippen MR) is 94.6 cm³/mol. The Bertz CT molecular complexity index is 667. The second-order valence-corrected chi connectivity index (χ2v) is 7.75. The summed E-state index contributed by atoms with van der Waals surface area (Å²) in [7, 11) is -3.28. The van der Waals surface area contributed by atoms with E-state index in [4.69, 9.17) is 17.3 Å². The van der Waals surface area contributed by atoms with Crippen LogP contribution in [0.5, 0.6) is 0 Å². The molecule has 1 amide bonds. The van der Waals surface area contributed by atoms with Gasteiger partial charge in [-0.1, -0.05) is 11.6 Å². The average Bonchev–Trinajstić information content (AvgIpc) is 2.44. The fraction of sp³-hybridized carbons (Fsp3) is 0.500. The second-order valence-electron chi connectivity index (χ2n) is 5.51.